The summed E-state index contributed by atoms with van der Waals surface area (Å²) in [5.41, 5.74) is 0. The Balaban J connectivity index is 2.09. The second-order valence-electron chi connectivity index (χ2n) is 5.25. The van der Waals surface area contributed by atoms with Gasteiger partial charge in [0.1, 0.15) is 0 Å². The molecule has 1 atom stereocenters. The summed E-state index contributed by atoms with van der Waals surface area (Å²) in [5, 5.41) is 3.89. The van der Waals surface area contributed by atoms with E-state index in [2.05, 4.69) is 19.2 Å². The number of halogens is 1. The minimum Gasteiger partial charge on any atom is -0.315 e. The molecule has 1 nitrogen and oxygen atoms in total. The van der Waals surface area contributed by atoms with Crippen molar-refractivity contribution in [1.82, 2.24) is 5.32 Å². The van der Waals surface area contributed by atoms with E-state index in [1.54, 1.807) is 0 Å². The Bertz CT molecular complexity index is 162. The average Bonchev–Trinajstić information content (AvgIpc) is 2.32. The first-order chi connectivity index (χ1) is 7.77. The van der Waals surface area contributed by atoms with Crippen LogP contribution in [0.3, 0.4) is 0 Å². The van der Waals surface area contributed by atoms with Gasteiger partial charge in [0.25, 0.3) is 0 Å². The van der Waals surface area contributed by atoms with E-state index < -0.39 is 0 Å². The summed E-state index contributed by atoms with van der Waals surface area (Å²) in [6, 6.07) is 0. The van der Waals surface area contributed by atoms with Crippen LogP contribution in [0.15, 0.2) is 0 Å². The van der Waals surface area contributed by atoms with Crippen LogP contribution < -0.4 is 5.32 Å². The monoisotopic (exact) mass is 245 g/mol. The summed E-state index contributed by atoms with van der Waals surface area (Å²) in [7, 11) is 0. The van der Waals surface area contributed by atoms with Crippen LogP contribution in [0.1, 0.15) is 58.8 Å². The fourth-order valence-electron chi connectivity index (χ4n) is 2.78. The van der Waals surface area contributed by atoms with Crippen molar-refractivity contribution in [2.45, 2.75) is 64.2 Å². The van der Waals surface area contributed by atoms with E-state index in [-0.39, 0.29) is 0 Å². The highest BCUT2D eigenvalue weighted by Gasteiger charge is 2.17. The SMILES string of the molecule is CCC(CC)C(Cl)CNCC1CCCCC1. The van der Waals surface area contributed by atoms with Gasteiger partial charge in [-0.25, -0.2) is 0 Å². The molecule has 0 heterocycles. The standard InChI is InChI=1S/C14H28ClN/c1-3-13(4-2)14(15)11-16-10-12-8-6-5-7-9-12/h12-14,16H,3-11H2,1-2H3. The molecule has 16 heavy (non-hydrogen) atoms. The van der Waals surface area contributed by atoms with Gasteiger partial charge >= 0.3 is 0 Å². The molecule has 1 aliphatic carbocycles. The van der Waals surface area contributed by atoms with Crippen molar-refractivity contribution in [3.05, 3.63) is 0 Å². The predicted octanol–water partition coefficient (Wildman–Crippen LogP) is 4.20. The molecule has 1 saturated carbocycles. The third kappa shape index (κ3) is 5.05. The Kier molecular flexibility index (Phi) is 7.47. The molecule has 0 bridgehead atoms. The number of alkyl halides is 1. The maximum atomic E-state index is 6.40. The van der Waals surface area contributed by atoms with Gasteiger partial charge in [-0.3, -0.25) is 0 Å². The number of hydrogen-bond donors (Lipinski definition) is 1. The van der Waals surface area contributed by atoms with E-state index >= 15 is 0 Å². The molecule has 0 saturated heterocycles. The topological polar surface area (TPSA) is 12.0 Å². The molecule has 0 aromatic heterocycles. The van der Waals surface area contributed by atoms with Crippen LogP contribution in [0.2, 0.25) is 0 Å². The summed E-state index contributed by atoms with van der Waals surface area (Å²) >= 11 is 6.40. The molecule has 1 N–H and O–H groups in total. The van der Waals surface area contributed by atoms with E-state index in [1.807, 2.05) is 0 Å². The van der Waals surface area contributed by atoms with Crippen LogP contribution in [0.25, 0.3) is 0 Å². The zero-order valence-electron chi connectivity index (χ0n) is 11.0. The fourth-order valence-corrected chi connectivity index (χ4v) is 3.25. The Hall–Kier alpha value is 0.250. The second-order valence-corrected chi connectivity index (χ2v) is 5.82. The molecule has 0 aromatic carbocycles. The fraction of sp³-hybridized carbons (Fsp3) is 1.00. The minimum absolute atomic E-state index is 0.318. The van der Waals surface area contributed by atoms with Gasteiger partial charge in [0.15, 0.2) is 0 Å². The van der Waals surface area contributed by atoms with E-state index in [0.717, 1.165) is 12.5 Å². The second kappa shape index (κ2) is 8.36. The summed E-state index contributed by atoms with van der Waals surface area (Å²) in [6.45, 7) is 6.66. The summed E-state index contributed by atoms with van der Waals surface area (Å²) in [4.78, 5) is 0. The molecule has 0 spiro atoms. The van der Waals surface area contributed by atoms with Crippen molar-refractivity contribution in [3.63, 3.8) is 0 Å². The van der Waals surface area contributed by atoms with Gasteiger partial charge in [-0.2, -0.15) is 0 Å². The Morgan fingerprint density at radius 1 is 1.12 bits per heavy atom. The van der Waals surface area contributed by atoms with Gasteiger partial charge in [0.05, 0.1) is 0 Å². The van der Waals surface area contributed by atoms with Crippen LogP contribution in [0.4, 0.5) is 0 Å². The van der Waals surface area contributed by atoms with Crippen LogP contribution in [0.5, 0.6) is 0 Å². The molecule has 96 valence electrons. The van der Waals surface area contributed by atoms with Gasteiger partial charge in [0.2, 0.25) is 0 Å². The van der Waals surface area contributed by atoms with Gasteiger partial charge < -0.3 is 5.32 Å². The van der Waals surface area contributed by atoms with Crippen LogP contribution >= 0.6 is 11.6 Å². The summed E-state index contributed by atoms with van der Waals surface area (Å²) in [6.07, 6.45) is 9.57. The molecule has 1 unspecified atom stereocenters. The lowest BCUT2D eigenvalue weighted by atomic mass is 9.89. The molecular formula is C14H28ClN. The van der Waals surface area contributed by atoms with Crippen molar-refractivity contribution in [3.8, 4) is 0 Å². The van der Waals surface area contributed by atoms with Crippen molar-refractivity contribution in [2.24, 2.45) is 11.8 Å². The van der Waals surface area contributed by atoms with E-state index in [1.165, 1.54) is 51.5 Å². The van der Waals surface area contributed by atoms with E-state index in [4.69, 9.17) is 11.6 Å². The molecule has 1 aliphatic rings. The van der Waals surface area contributed by atoms with Crippen molar-refractivity contribution in [2.75, 3.05) is 13.1 Å². The first kappa shape index (κ1) is 14.3. The predicted molar refractivity (Wildman–Crippen MR) is 73.2 cm³/mol. The highest BCUT2D eigenvalue weighted by atomic mass is 35.5. The minimum atomic E-state index is 0.318. The highest BCUT2D eigenvalue weighted by molar-refractivity contribution is 6.21. The normalized spacial score (nSPS) is 20.2. The zero-order chi connectivity index (χ0) is 11.8. The zero-order valence-corrected chi connectivity index (χ0v) is 11.7. The van der Waals surface area contributed by atoms with Crippen LogP contribution in [-0.4, -0.2) is 18.5 Å². The smallest absolute Gasteiger partial charge is 0.0488 e. The van der Waals surface area contributed by atoms with Crippen molar-refractivity contribution < 1.29 is 0 Å². The number of rotatable bonds is 7. The third-order valence-electron chi connectivity index (χ3n) is 4.06. The first-order valence-electron chi connectivity index (χ1n) is 7.12. The molecule has 1 rings (SSSR count). The summed E-state index contributed by atoms with van der Waals surface area (Å²) < 4.78 is 0. The Morgan fingerprint density at radius 2 is 1.75 bits per heavy atom. The Morgan fingerprint density at radius 3 is 2.31 bits per heavy atom. The first-order valence-corrected chi connectivity index (χ1v) is 7.56. The maximum absolute atomic E-state index is 6.40. The Labute approximate surface area is 106 Å². The van der Waals surface area contributed by atoms with Crippen molar-refractivity contribution in [1.29, 1.82) is 0 Å². The summed E-state index contributed by atoms with van der Waals surface area (Å²) in [5.74, 6) is 1.60. The van der Waals surface area contributed by atoms with Gasteiger partial charge in [-0.1, -0.05) is 46.0 Å². The average molecular weight is 246 g/mol. The number of nitrogens with one attached hydrogen (secondary N) is 1. The van der Waals surface area contributed by atoms with Gasteiger partial charge in [-0.15, -0.1) is 11.6 Å². The molecule has 0 aliphatic heterocycles. The molecule has 1 fully saturated rings. The maximum Gasteiger partial charge on any atom is 0.0488 e. The molecule has 0 aromatic rings. The molecule has 0 radical (unpaired) electrons. The van der Waals surface area contributed by atoms with Crippen LogP contribution in [0, 0.1) is 11.8 Å². The lowest BCUT2D eigenvalue weighted by Gasteiger charge is -2.24. The molecule has 0 amide bonds. The lowest BCUT2D eigenvalue weighted by Crippen LogP contribution is -2.32. The quantitative estimate of drug-likeness (QED) is 0.663. The van der Waals surface area contributed by atoms with Gasteiger partial charge in [0, 0.05) is 11.9 Å². The lowest BCUT2D eigenvalue weighted by molar-refractivity contribution is 0.336. The van der Waals surface area contributed by atoms with E-state index in [9.17, 15) is 0 Å². The molecular weight excluding hydrogens is 218 g/mol. The molecule has 2 heteroatoms. The van der Waals surface area contributed by atoms with E-state index in [0.29, 0.717) is 11.3 Å². The largest absolute Gasteiger partial charge is 0.315 e. The van der Waals surface area contributed by atoms with Crippen LogP contribution in [-0.2, 0) is 0 Å². The van der Waals surface area contributed by atoms with Crippen molar-refractivity contribution >= 4 is 11.6 Å². The highest BCUT2D eigenvalue weighted by Crippen LogP contribution is 2.23. The number of hydrogen-bond acceptors (Lipinski definition) is 1. The van der Waals surface area contributed by atoms with Gasteiger partial charge in [-0.05, 0) is 31.2 Å². The third-order valence-corrected chi connectivity index (χ3v) is 4.57.